The van der Waals surface area contributed by atoms with Crippen molar-refractivity contribution in [2.45, 2.75) is 5.75 Å². The van der Waals surface area contributed by atoms with Crippen molar-refractivity contribution in [3.63, 3.8) is 0 Å². The van der Waals surface area contributed by atoms with E-state index in [1.807, 2.05) is 24.3 Å². The molecule has 1 amide bonds. The van der Waals surface area contributed by atoms with Gasteiger partial charge in [0.05, 0.1) is 14.2 Å². The van der Waals surface area contributed by atoms with Crippen molar-refractivity contribution in [1.29, 1.82) is 0 Å². The van der Waals surface area contributed by atoms with Crippen LogP contribution in [0.15, 0.2) is 42.5 Å². The van der Waals surface area contributed by atoms with E-state index in [1.165, 1.54) is 5.56 Å². The molecule has 0 spiro atoms. The Morgan fingerprint density at radius 1 is 1.12 bits per heavy atom. The summed E-state index contributed by atoms with van der Waals surface area (Å²) in [5, 5.41) is 3.65. The summed E-state index contributed by atoms with van der Waals surface area (Å²) in [4.78, 5) is 12.2. The molecule has 0 radical (unpaired) electrons. The number of nitrogens with one attached hydrogen (secondary N) is 1. The van der Waals surface area contributed by atoms with Gasteiger partial charge in [-0.3, -0.25) is 4.79 Å². The first kappa shape index (κ1) is 18.5. The molecule has 1 N–H and O–H groups in total. The van der Waals surface area contributed by atoms with Crippen LogP contribution in [-0.2, 0) is 5.75 Å². The second kappa shape index (κ2) is 9.45. The number of carbonyl (C=O) groups is 1. The molecular weight excluding hydrogens is 346 g/mol. The first-order valence-electron chi connectivity index (χ1n) is 7.46. The standard InChI is InChI=1S/C18H20ClNO3S/c1-22-16-9-14(10-17(11-16)23-2)18(21)20-6-7-24-12-13-4-3-5-15(19)8-13/h3-5,8-11H,6-7,12H2,1-2H3,(H,20,21). The van der Waals surface area contributed by atoms with Gasteiger partial charge in [-0.25, -0.2) is 0 Å². The highest BCUT2D eigenvalue weighted by molar-refractivity contribution is 7.98. The molecule has 2 aromatic carbocycles. The molecular formula is C18H20ClNO3S. The third-order valence-electron chi connectivity index (χ3n) is 3.30. The molecule has 0 bridgehead atoms. The van der Waals surface area contributed by atoms with Crippen LogP contribution in [-0.4, -0.2) is 32.4 Å². The molecule has 0 aliphatic carbocycles. The van der Waals surface area contributed by atoms with Crippen LogP contribution < -0.4 is 14.8 Å². The lowest BCUT2D eigenvalue weighted by atomic mass is 10.2. The van der Waals surface area contributed by atoms with Gasteiger partial charge < -0.3 is 14.8 Å². The topological polar surface area (TPSA) is 47.6 Å². The van der Waals surface area contributed by atoms with E-state index in [0.717, 1.165) is 16.5 Å². The van der Waals surface area contributed by atoms with Gasteiger partial charge in [-0.15, -0.1) is 0 Å². The maximum Gasteiger partial charge on any atom is 0.251 e. The van der Waals surface area contributed by atoms with Crippen LogP contribution in [0.4, 0.5) is 0 Å². The number of amides is 1. The summed E-state index contributed by atoms with van der Waals surface area (Å²) in [7, 11) is 3.12. The molecule has 2 rings (SSSR count). The van der Waals surface area contributed by atoms with Crippen LogP contribution in [0.1, 0.15) is 15.9 Å². The maximum absolute atomic E-state index is 12.2. The maximum atomic E-state index is 12.2. The second-order valence-corrected chi connectivity index (χ2v) is 6.58. The summed E-state index contributed by atoms with van der Waals surface area (Å²) in [6, 6.07) is 12.9. The van der Waals surface area contributed by atoms with Crippen molar-refractivity contribution in [2.75, 3.05) is 26.5 Å². The second-order valence-electron chi connectivity index (χ2n) is 5.04. The average Bonchev–Trinajstić information content (AvgIpc) is 2.60. The van der Waals surface area contributed by atoms with Crippen molar-refractivity contribution < 1.29 is 14.3 Å². The Morgan fingerprint density at radius 3 is 2.46 bits per heavy atom. The van der Waals surface area contributed by atoms with Gasteiger partial charge in [-0.2, -0.15) is 11.8 Å². The van der Waals surface area contributed by atoms with E-state index in [0.29, 0.717) is 23.6 Å². The predicted octanol–water partition coefficient (Wildman–Crippen LogP) is 4.02. The molecule has 0 atom stereocenters. The molecule has 6 heteroatoms. The molecule has 0 saturated carbocycles. The molecule has 4 nitrogen and oxygen atoms in total. The van der Waals surface area contributed by atoms with Gasteiger partial charge in [0.1, 0.15) is 11.5 Å². The number of ether oxygens (including phenoxy) is 2. The third-order valence-corrected chi connectivity index (χ3v) is 4.57. The van der Waals surface area contributed by atoms with Crippen LogP contribution in [0.2, 0.25) is 5.02 Å². The van der Waals surface area contributed by atoms with Gasteiger partial charge in [-0.05, 0) is 29.8 Å². The molecule has 24 heavy (non-hydrogen) atoms. The molecule has 0 aromatic heterocycles. The number of thioether (sulfide) groups is 1. The molecule has 0 aliphatic rings. The van der Waals surface area contributed by atoms with Gasteiger partial charge in [0.25, 0.3) is 5.91 Å². The van der Waals surface area contributed by atoms with Crippen LogP contribution in [0, 0.1) is 0 Å². The number of halogens is 1. The highest BCUT2D eigenvalue weighted by Crippen LogP contribution is 2.22. The van der Waals surface area contributed by atoms with Gasteiger partial charge in [0.15, 0.2) is 0 Å². The highest BCUT2D eigenvalue weighted by Gasteiger charge is 2.09. The number of methoxy groups -OCH3 is 2. The summed E-state index contributed by atoms with van der Waals surface area (Å²) in [6.45, 7) is 0.587. The van der Waals surface area contributed by atoms with E-state index in [4.69, 9.17) is 21.1 Å². The Kier molecular flexibility index (Phi) is 7.28. The van der Waals surface area contributed by atoms with Crippen LogP contribution in [0.3, 0.4) is 0 Å². The molecule has 0 aliphatic heterocycles. The van der Waals surface area contributed by atoms with Crippen LogP contribution >= 0.6 is 23.4 Å². The smallest absolute Gasteiger partial charge is 0.251 e. The van der Waals surface area contributed by atoms with E-state index in [-0.39, 0.29) is 5.91 Å². The fourth-order valence-corrected chi connectivity index (χ4v) is 3.11. The van der Waals surface area contributed by atoms with Gasteiger partial charge in [0, 0.05) is 34.7 Å². The summed E-state index contributed by atoms with van der Waals surface area (Å²) in [5.74, 6) is 2.73. The highest BCUT2D eigenvalue weighted by atomic mass is 35.5. The summed E-state index contributed by atoms with van der Waals surface area (Å²) in [6.07, 6.45) is 0. The quantitative estimate of drug-likeness (QED) is 0.718. The summed E-state index contributed by atoms with van der Waals surface area (Å²) >= 11 is 7.70. The number of rotatable bonds is 8. The van der Waals surface area contributed by atoms with E-state index in [9.17, 15) is 4.79 Å². The lowest BCUT2D eigenvalue weighted by Crippen LogP contribution is -2.25. The third kappa shape index (κ3) is 5.65. The Balaban J connectivity index is 1.79. The molecule has 0 fully saturated rings. The van der Waals surface area contributed by atoms with E-state index in [1.54, 1.807) is 44.2 Å². The number of carbonyl (C=O) groups excluding carboxylic acids is 1. The largest absolute Gasteiger partial charge is 0.497 e. The zero-order valence-corrected chi connectivity index (χ0v) is 15.2. The van der Waals surface area contributed by atoms with Gasteiger partial charge in [-0.1, -0.05) is 23.7 Å². The fraction of sp³-hybridized carbons (Fsp3) is 0.278. The lowest BCUT2D eigenvalue weighted by Gasteiger charge is -2.09. The first-order chi connectivity index (χ1) is 11.6. The van der Waals surface area contributed by atoms with Crippen molar-refractivity contribution >= 4 is 29.3 Å². The Bertz CT molecular complexity index is 671. The van der Waals surface area contributed by atoms with Crippen molar-refractivity contribution in [3.05, 3.63) is 58.6 Å². The minimum atomic E-state index is -0.143. The number of hydrogen-bond acceptors (Lipinski definition) is 4. The molecule has 0 saturated heterocycles. The first-order valence-corrected chi connectivity index (χ1v) is 8.99. The Hall–Kier alpha value is -1.85. The van der Waals surface area contributed by atoms with E-state index in [2.05, 4.69) is 5.32 Å². The predicted molar refractivity (Wildman–Crippen MR) is 99.5 cm³/mol. The van der Waals surface area contributed by atoms with Gasteiger partial charge >= 0.3 is 0 Å². The monoisotopic (exact) mass is 365 g/mol. The van der Waals surface area contributed by atoms with E-state index >= 15 is 0 Å². The van der Waals surface area contributed by atoms with Gasteiger partial charge in [0.2, 0.25) is 0 Å². The van der Waals surface area contributed by atoms with E-state index < -0.39 is 0 Å². The molecule has 128 valence electrons. The number of hydrogen-bond donors (Lipinski definition) is 1. The minimum absolute atomic E-state index is 0.143. The number of benzene rings is 2. The van der Waals surface area contributed by atoms with Crippen molar-refractivity contribution in [2.24, 2.45) is 0 Å². The molecule has 2 aromatic rings. The normalized spacial score (nSPS) is 10.3. The zero-order chi connectivity index (χ0) is 17.4. The Morgan fingerprint density at radius 2 is 1.83 bits per heavy atom. The van der Waals surface area contributed by atoms with Crippen molar-refractivity contribution in [1.82, 2.24) is 5.32 Å². The Labute approximate surface area is 151 Å². The fourth-order valence-electron chi connectivity index (χ4n) is 2.09. The minimum Gasteiger partial charge on any atom is -0.497 e. The lowest BCUT2D eigenvalue weighted by molar-refractivity contribution is 0.0955. The zero-order valence-electron chi connectivity index (χ0n) is 13.7. The average molecular weight is 366 g/mol. The van der Waals surface area contributed by atoms with Crippen LogP contribution in [0.5, 0.6) is 11.5 Å². The summed E-state index contributed by atoms with van der Waals surface area (Å²) < 4.78 is 10.3. The SMILES string of the molecule is COc1cc(OC)cc(C(=O)NCCSCc2cccc(Cl)c2)c1. The molecule has 0 unspecified atom stereocenters. The molecule has 0 heterocycles. The van der Waals surface area contributed by atoms with Crippen LogP contribution in [0.25, 0.3) is 0 Å². The van der Waals surface area contributed by atoms with Crippen molar-refractivity contribution in [3.8, 4) is 11.5 Å². The summed E-state index contributed by atoms with van der Waals surface area (Å²) in [5.41, 5.74) is 1.70.